The number of carbonyl (C=O) groups is 2. The molecule has 23 heavy (non-hydrogen) atoms. The van der Waals surface area contributed by atoms with E-state index in [4.69, 9.17) is 4.74 Å². The second-order valence-corrected chi connectivity index (χ2v) is 6.23. The summed E-state index contributed by atoms with van der Waals surface area (Å²) in [4.78, 5) is 28.0. The second-order valence-electron chi connectivity index (χ2n) is 6.23. The molecule has 1 aromatic carbocycles. The molecule has 2 fully saturated rings. The average molecular weight is 316 g/mol. The SMILES string of the molecule is CCc1ccccc1OCC(=O)N1CCN(C(=O)C2CC2)CC1. The molecule has 2 aliphatic rings. The first-order valence-electron chi connectivity index (χ1n) is 8.46. The van der Waals surface area contributed by atoms with Gasteiger partial charge in [-0.05, 0) is 30.9 Å². The van der Waals surface area contributed by atoms with Gasteiger partial charge in [0.05, 0.1) is 0 Å². The number of aryl methyl sites for hydroxylation is 1. The van der Waals surface area contributed by atoms with Crippen LogP contribution in [0.25, 0.3) is 0 Å². The molecule has 0 atom stereocenters. The molecule has 0 bridgehead atoms. The van der Waals surface area contributed by atoms with Crippen LogP contribution in [0.15, 0.2) is 24.3 Å². The van der Waals surface area contributed by atoms with Crippen LogP contribution in [0.1, 0.15) is 25.3 Å². The summed E-state index contributed by atoms with van der Waals surface area (Å²) in [6.07, 6.45) is 2.94. The molecule has 1 heterocycles. The topological polar surface area (TPSA) is 49.9 Å². The van der Waals surface area contributed by atoms with E-state index in [2.05, 4.69) is 6.92 Å². The summed E-state index contributed by atoms with van der Waals surface area (Å²) in [5, 5.41) is 0. The van der Waals surface area contributed by atoms with Crippen molar-refractivity contribution in [3.63, 3.8) is 0 Å². The third kappa shape index (κ3) is 3.84. The lowest BCUT2D eigenvalue weighted by Crippen LogP contribution is -2.52. The number of nitrogens with zero attached hydrogens (tertiary/aromatic N) is 2. The van der Waals surface area contributed by atoms with Gasteiger partial charge in [0.25, 0.3) is 5.91 Å². The van der Waals surface area contributed by atoms with E-state index in [1.54, 1.807) is 4.90 Å². The Morgan fingerprint density at radius 3 is 2.39 bits per heavy atom. The molecule has 0 radical (unpaired) electrons. The first-order chi connectivity index (χ1) is 11.2. The molecule has 124 valence electrons. The molecule has 0 unspecified atom stereocenters. The maximum Gasteiger partial charge on any atom is 0.260 e. The Bertz CT molecular complexity index is 575. The first-order valence-corrected chi connectivity index (χ1v) is 8.46. The lowest BCUT2D eigenvalue weighted by atomic mass is 10.1. The van der Waals surface area contributed by atoms with E-state index in [0.717, 1.165) is 30.6 Å². The zero-order valence-corrected chi connectivity index (χ0v) is 13.7. The minimum Gasteiger partial charge on any atom is -0.483 e. The highest BCUT2D eigenvalue weighted by Crippen LogP contribution is 2.31. The van der Waals surface area contributed by atoms with Gasteiger partial charge in [-0.15, -0.1) is 0 Å². The molecule has 3 rings (SSSR count). The standard InChI is InChI=1S/C18H24N2O3/c1-2-14-5-3-4-6-16(14)23-13-17(21)19-9-11-20(12-10-19)18(22)15-7-8-15/h3-6,15H,2,7-13H2,1H3. The predicted octanol–water partition coefficient (Wildman–Crippen LogP) is 1.71. The van der Waals surface area contributed by atoms with E-state index in [1.807, 2.05) is 29.2 Å². The van der Waals surface area contributed by atoms with E-state index in [-0.39, 0.29) is 24.3 Å². The van der Waals surface area contributed by atoms with Gasteiger partial charge in [-0.2, -0.15) is 0 Å². The number of carbonyl (C=O) groups excluding carboxylic acids is 2. The maximum absolute atomic E-state index is 12.3. The summed E-state index contributed by atoms with van der Waals surface area (Å²) >= 11 is 0. The van der Waals surface area contributed by atoms with Crippen LogP contribution in [-0.4, -0.2) is 54.4 Å². The number of hydrogen-bond acceptors (Lipinski definition) is 3. The van der Waals surface area contributed by atoms with Gasteiger partial charge in [-0.25, -0.2) is 0 Å². The number of benzene rings is 1. The minimum atomic E-state index is -0.00516. The zero-order valence-electron chi connectivity index (χ0n) is 13.7. The van der Waals surface area contributed by atoms with Crippen LogP contribution in [-0.2, 0) is 16.0 Å². The van der Waals surface area contributed by atoms with E-state index in [1.165, 1.54) is 0 Å². The smallest absolute Gasteiger partial charge is 0.260 e. The number of rotatable bonds is 5. The van der Waals surface area contributed by atoms with Crippen molar-refractivity contribution in [2.45, 2.75) is 26.2 Å². The Balaban J connectivity index is 1.47. The Morgan fingerprint density at radius 2 is 1.74 bits per heavy atom. The van der Waals surface area contributed by atoms with E-state index in [9.17, 15) is 9.59 Å². The van der Waals surface area contributed by atoms with Crippen molar-refractivity contribution in [3.05, 3.63) is 29.8 Å². The van der Waals surface area contributed by atoms with Crippen LogP contribution in [0.3, 0.4) is 0 Å². The Morgan fingerprint density at radius 1 is 1.09 bits per heavy atom. The molecule has 5 nitrogen and oxygen atoms in total. The fourth-order valence-electron chi connectivity index (χ4n) is 2.93. The van der Waals surface area contributed by atoms with Gasteiger partial charge in [-0.1, -0.05) is 25.1 Å². The van der Waals surface area contributed by atoms with Gasteiger partial charge in [0.1, 0.15) is 5.75 Å². The second kappa shape index (κ2) is 7.02. The van der Waals surface area contributed by atoms with Gasteiger partial charge < -0.3 is 14.5 Å². The van der Waals surface area contributed by atoms with Gasteiger partial charge >= 0.3 is 0 Å². The maximum atomic E-state index is 12.3. The highest BCUT2D eigenvalue weighted by molar-refractivity contribution is 5.82. The van der Waals surface area contributed by atoms with Gasteiger partial charge in [-0.3, -0.25) is 9.59 Å². The summed E-state index contributed by atoms with van der Waals surface area (Å²) < 4.78 is 5.69. The summed E-state index contributed by atoms with van der Waals surface area (Å²) in [7, 11) is 0. The predicted molar refractivity (Wildman–Crippen MR) is 87.2 cm³/mol. The molecule has 1 aliphatic heterocycles. The van der Waals surface area contributed by atoms with Gasteiger partial charge in [0.15, 0.2) is 6.61 Å². The molecule has 1 saturated heterocycles. The van der Waals surface area contributed by atoms with Crippen molar-refractivity contribution in [2.75, 3.05) is 32.8 Å². The minimum absolute atomic E-state index is 0.00516. The quantitative estimate of drug-likeness (QED) is 0.831. The van der Waals surface area contributed by atoms with Crippen LogP contribution >= 0.6 is 0 Å². The molecule has 1 aromatic rings. The van der Waals surface area contributed by atoms with Crippen molar-refractivity contribution in [2.24, 2.45) is 5.92 Å². The van der Waals surface area contributed by atoms with Gasteiger partial charge in [0.2, 0.25) is 5.91 Å². The first kappa shape index (κ1) is 15.8. The number of piperazine rings is 1. The lowest BCUT2D eigenvalue weighted by molar-refractivity contribution is -0.141. The van der Waals surface area contributed by atoms with E-state index >= 15 is 0 Å². The normalized spacial score (nSPS) is 18.0. The molecule has 1 saturated carbocycles. The van der Waals surface area contributed by atoms with E-state index in [0.29, 0.717) is 26.2 Å². The molecular formula is C18H24N2O3. The third-order valence-electron chi connectivity index (χ3n) is 4.58. The van der Waals surface area contributed by atoms with Crippen molar-refractivity contribution in [1.29, 1.82) is 0 Å². The number of hydrogen-bond donors (Lipinski definition) is 0. The van der Waals surface area contributed by atoms with Crippen LogP contribution in [0, 0.1) is 5.92 Å². The van der Waals surface area contributed by atoms with Crippen molar-refractivity contribution < 1.29 is 14.3 Å². The Labute approximate surface area is 137 Å². The third-order valence-corrected chi connectivity index (χ3v) is 4.58. The highest BCUT2D eigenvalue weighted by Gasteiger charge is 2.35. The molecular weight excluding hydrogens is 292 g/mol. The van der Waals surface area contributed by atoms with Crippen LogP contribution in [0.4, 0.5) is 0 Å². The molecule has 1 aliphatic carbocycles. The zero-order chi connectivity index (χ0) is 16.2. The number of ether oxygens (including phenoxy) is 1. The number of para-hydroxylation sites is 1. The number of amides is 2. The van der Waals surface area contributed by atoms with Gasteiger partial charge in [0, 0.05) is 32.1 Å². The summed E-state index contributed by atoms with van der Waals surface area (Å²) in [5.74, 6) is 1.30. The monoisotopic (exact) mass is 316 g/mol. The summed E-state index contributed by atoms with van der Waals surface area (Å²) in [6.45, 7) is 4.64. The van der Waals surface area contributed by atoms with Crippen molar-refractivity contribution in [3.8, 4) is 5.75 Å². The van der Waals surface area contributed by atoms with Crippen molar-refractivity contribution >= 4 is 11.8 Å². The Kier molecular flexibility index (Phi) is 4.84. The molecule has 2 amide bonds. The van der Waals surface area contributed by atoms with Crippen molar-refractivity contribution in [1.82, 2.24) is 9.80 Å². The summed E-state index contributed by atoms with van der Waals surface area (Å²) in [5.41, 5.74) is 1.11. The average Bonchev–Trinajstić information content (AvgIpc) is 3.44. The molecule has 0 spiro atoms. The largest absolute Gasteiger partial charge is 0.483 e. The fraction of sp³-hybridized carbons (Fsp3) is 0.556. The molecule has 0 aromatic heterocycles. The molecule has 0 N–H and O–H groups in total. The van der Waals surface area contributed by atoms with E-state index < -0.39 is 0 Å². The molecule has 5 heteroatoms. The fourth-order valence-corrected chi connectivity index (χ4v) is 2.93. The summed E-state index contributed by atoms with van der Waals surface area (Å²) in [6, 6.07) is 7.81. The highest BCUT2D eigenvalue weighted by atomic mass is 16.5. The Hall–Kier alpha value is -2.04. The lowest BCUT2D eigenvalue weighted by Gasteiger charge is -2.34. The van der Waals surface area contributed by atoms with Crippen LogP contribution in [0.2, 0.25) is 0 Å². The van der Waals surface area contributed by atoms with Crippen LogP contribution in [0.5, 0.6) is 5.75 Å². The van der Waals surface area contributed by atoms with Crippen LogP contribution < -0.4 is 4.74 Å².